The van der Waals surface area contributed by atoms with Crippen LogP contribution in [0, 0.1) is 6.92 Å². The van der Waals surface area contributed by atoms with Crippen molar-refractivity contribution < 1.29 is 9.59 Å². The minimum Gasteiger partial charge on any atom is -0.350 e. The van der Waals surface area contributed by atoms with Crippen LogP contribution < -0.4 is 5.32 Å². The number of nitrogens with one attached hydrogen (secondary N) is 1. The van der Waals surface area contributed by atoms with Crippen molar-refractivity contribution in [1.82, 2.24) is 4.90 Å². The monoisotopic (exact) mass is 442 g/mol. The molecule has 1 aliphatic rings. The summed E-state index contributed by atoms with van der Waals surface area (Å²) in [5, 5.41) is 6.08. The zero-order valence-electron chi connectivity index (χ0n) is 15.4. The Bertz CT molecular complexity index is 1140. The van der Waals surface area contributed by atoms with Crippen LogP contribution in [0.3, 0.4) is 0 Å². The summed E-state index contributed by atoms with van der Waals surface area (Å²) >= 11 is 13.8. The normalized spacial score (nSPS) is 14.1. The standard InChI is InChI=1S/C22H16Cl2N2O2S/c1-13-8-9-15(23)11-17(13)25-20-19(18-7-4-10-29-18)21(27)26(22(20)28)12-14-5-2-3-6-16(14)24/h2-11,25H,12H2,1H3. The Morgan fingerprint density at radius 3 is 2.52 bits per heavy atom. The van der Waals surface area contributed by atoms with E-state index in [1.807, 2.05) is 42.6 Å². The molecule has 2 heterocycles. The van der Waals surface area contributed by atoms with Crippen LogP contribution in [-0.2, 0) is 16.1 Å². The number of thiophene rings is 1. The summed E-state index contributed by atoms with van der Waals surface area (Å²) in [5.74, 6) is -0.739. The average Bonchev–Trinajstić information content (AvgIpc) is 3.29. The molecule has 0 fully saturated rings. The Kier molecular flexibility index (Phi) is 5.46. The smallest absolute Gasteiger partial charge is 0.278 e. The van der Waals surface area contributed by atoms with E-state index in [1.54, 1.807) is 24.3 Å². The molecular formula is C22H16Cl2N2O2S. The van der Waals surface area contributed by atoms with Gasteiger partial charge in [-0.3, -0.25) is 14.5 Å². The minimum absolute atomic E-state index is 0.103. The second-order valence-corrected chi connectivity index (χ2v) is 8.39. The highest BCUT2D eigenvalue weighted by Crippen LogP contribution is 2.35. The number of nitrogens with zero attached hydrogens (tertiary/aromatic N) is 1. The van der Waals surface area contributed by atoms with Crippen LogP contribution in [0.1, 0.15) is 16.0 Å². The number of amides is 2. The highest BCUT2D eigenvalue weighted by molar-refractivity contribution is 7.11. The number of benzene rings is 2. The molecule has 0 aliphatic carbocycles. The summed E-state index contributed by atoms with van der Waals surface area (Å²) in [4.78, 5) is 28.4. The predicted molar refractivity (Wildman–Crippen MR) is 118 cm³/mol. The highest BCUT2D eigenvalue weighted by Gasteiger charge is 2.40. The third kappa shape index (κ3) is 3.81. The summed E-state index contributed by atoms with van der Waals surface area (Å²) in [6.07, 6.45) is 0. The van der Waals surface area contributed by atoms with E-state index in [4.69, 9.17) is 23.2 Å². The number of aryl methyl sites for hydroxylation is 1. The molecule has 0 unspecified atom stereocenters. The number of carbonyl (C=O) groups is 2. The molecule has 146 valence electrons. The van der Waals surface area contributed by atoms with E-state index in [1.165, 1.54) is 16.2 Å². The van der Waals surface area contributed by atoms with Crippen molar-refractivity contribution >= 4 is 57.6 Å². The number of halogens is 2. The molecule has 29 heavy (non-hydrogen) atoms. The first kappa shape index (κ1) is 19.7. The third-order valence-corrected chi connectivity index (χ3v) is 6.17. The zero-order chi connectivity index (χ0) is 20.5. The first-order valence-corrected chi connectivity index (χ1v) is 10.5. The lowest BCUT2D eigenvalue weighted by Gasteiger charge is -2.16. The van der Waals surface area contributed by atoms with Crippen LogP contribution in [0.4, 0.5) is 5.69 Å². The maximum Gasteiger partial charge on any atom is 0.278 e. The van der Waals surface area contributed by atoms with Crippen molar-refractivity contribution in [3.8, 4) is 0 Å². The summed E-state index contributed by atoms with van der Waals surface area (Å²) in [5.41, 5.74) is 2.91. The largest absolute Gasteiger partial charge is 0.350 e. The molecule has 0 atom stereocenters. The van der Waals surface area contributed by atoms with E-state index in [0.29, 0.717) is 26.9 Å². The molecule has 3 aromatic rings. The van der Waals surface area contributed by atoms with Gasteiger partial charge in [-0.1, -0.05) is 53.5 Å². The minimum atomic E-state index is -0.391. The fraction of sp³-hybridized carbons (Fsp3) is 0.0909. The number of hydrogen-bond donors (Lipinski definition) is 1. The molecule has 1 N–H and O–H groups in total. The molecule has 4 rings (SSSR count). The van der Waals surface area contributed by atoms with Crippen molar-refractivity contribution in [3.63, 3.8) is 0 Å². The number of anilines is 1. The molecule has 1 aromatic heterocycles. The Labute approximate surface area is 182 Å². The van der Waals surface area contributed by atoms with Gasteiger partial charge in [-0.2, -0.15) is 0 Å². The first-order valence-electron chi connectivity index (χ1n) is 8.86. The molecule has 2 amide bonds. The van der Waals surface area contributed by atoms with E-state index >= 15 is 0 Å². The van der Waals surface area contributed by atoms with Crippen molar-refractivity contribution in [2.24, 2.45) is 0 Å². The van der Waals surface area contributed by atoms with Crippen LogP contribution in [0.5, 0.6) is 0 Å². The molecule has 7 heteroatoms. The molecule has 0 saturated heterocycles. The van der Waals surface area contributed by atoms with Crippen LogP contribution >= 0.6 is 34.5 Å². The number of hydrogen-bond acceptors (Lipinski definition) is 4. The maximum absolute atomic E-state index is 13.3. The zero-order valence-corrected chi connectivity index (χ0v) is 17.7. The maximum atomic E-state index is 13.3. The van der Waals surface area contributed by atoms with Gasteiger partial charge in [0.25, 0.3) is 11.8 Å². The lowest BCUT2D eigenvalue weighted by atomic mass is 10.1. The van der Waals surface area contributed by atoms with E-state index in [-0.39, 0.29) is 18.1 Å². The van der Waals surface area contributed by atoms with E-state index in [0.717, 1.165) is 10.4 Å². The highest BCUT2D eigenvalue weighted by atomic mass is 35.5. The van der Waals surface area contributed by atoms with Crippen LogP contribution in [0.2, 0.25) is 10.0 Å². The van der Waals surface area contributed by atoms with Gasteiger partial charge in [-0.15, -0.1) is 11.3 Å². The molecular weight excluding hydrogens is 427 g/mol. The van der Waals surface area contributed by atoms with E-state index in [2.05, 4.69) is 5.32 Å². The summed E-state index contributed by atoms with van der Waals surface area (Å²) in [6, 6.07) is 16.2. The van der Waals surface area contributed by atoms with Crippen LogP contribution in [-0.4, -0.2) is 16.7 Å². The fourth-order valence-corrected chi connectivity index (χ4v) is 4.28. The third-order valence-electron chi connectivity index (χ3n) is 4.68. The van der Waals surface area contributed by atoms with Gasteiger partial charge in [0, 0.05) is 20.6 Å². The van der Waals surface area contributed by atoms with Gasteiger partial charge in [-0.25, -0.2) is 0 Å². The summed E-state index contributed by atoms with van der Waals surface area (Å²) in [6.45, 7) is 2.01. The van der Waals surface area contributed by atoms with Crippen LogP contribution in [0.15, 0.2) is 65.7 Å². The summed E-state index contributed by atoms with van der Waals surface area (Å²) < 4.78 is 0. The number of carbonyl (C=O) groups excluding carboxylic acids is 2. The quantitative estimate of drug-likeness (QED) is 0.511. The first-order chi connectivity index (χ1) is 14.0. The van der Waals surface area contributed by atoms with Crippen molar-refractivity contribution in [2.45, 2.75) is 13.5 Å². The molecule has 4 nitrogen and oxygen atoms in total. The number of imide groups is 1. The predicted octanol–water partition coefficient (Wildman–Crippen LogP) is 5.76. The van der Waals surface area contributed by atoms with Gasteiger partial charge in [0.15, 0.2) is 0 Å². The van der Waals surface area contributed by atoms with Gasteiger partial charge < -0.3 is 5.32 Å². The lowest BCUT2D eigenvalue weighted by Crippen LogP contribution is -2.32. The molecule has 1 aliphatic heterocycles. The lowest BCUT2D eigenvalue weighted by molar-refractivity contribution is -0.137. The molecule has 2 aromatic carbocycles. The van der Waals surface area contributed by atoms with E-state index in [9.17, 15) is 9.59 Å². The second-order valence-electron chi connectivity index (χ2n) is 6.60. The number of rotatable bonds is 5. The van der Waals surface area contributed by atoms with Gasteiger partial charge in [0.05, 0.1) is 12.1 Å². The Morgan fingerprint density at radius 2 is 1.79 bits per heavy atom. The second kappa shape index (κ2) is 8.03. The fourth-order valence-electron chi connectivity index (χ4n) is 3.15. The van der Waals surface area contributed by atoms with Gasteiger partial charge in [-0.05, 0) is 47.7 Å². The van der Waals surface area contributed by atoms with E-state index < -0.39 is 5.91 Å². The Balaban J connectivity index is 1.75. The van der Waals surface area contributed by atoms with Crippen molar-refractivity contribution in [1.29, 1.82) is 0 Å². The molecule has 0 bridgehead atoms. The van der Waals surface area contributed by atoms with Gasteiger partial charge >= 0.3 is 0 Å². The molecule has 0 spiro atoms. The molecule has 0 saturated carbocycles. The molecule has 0 radical (unpaired) electrons. The summed E-state index contributed by atoms with van der Waals surface area (Å²) in [7, 11) is 0. The topological polar surface area (TPSA) is 49.4 Å². The Hall–Kier alpha value is -2.60. The van der Waals surface area contributed by atoms with Crippen molar-refractivity contribution in [3.05, 3.63) is 91.7 Å². The van der Waals surface area contributed by atoms with Gasteiger partial charge in [0.2, 0.25) is 0 Å². The van der Waals surface area contributed by atoms with Crippen LogP contribution in [0.25, 0.3) is 5.57 Å². The van der Waals surface area contributed by atoms with Crippen molar-refractivity contribution in [2.75, 3.05) is 5.32 Å². The average molecular weight is 443 g/mol. The Morgan fingerprint density at radius 1 is 1.00 bits per heavy atom. The van der Waals surface area contributed by atoms with Gasteiger partial charge in [0.1, 0.15) is 5.70 Å². The SMILES string of the molecule is Cc1ccc(Cl)cc1NC1=C(c2cccs2)C(=O)N(Cc2ccccc2Cl)C1=O.